The van der Waals surface area contributed by atoms with Crippen molar-refractivity contribution in [3.8, 4) is 0 Å². The Hall–Kier alpha value is -2.38. The van der Waals surface area contributed by atoms with E-state index in [1.165, 1.54) is 19.4 Å². The number of esters is 2. The van der Waals surface area contributed by atoms with Crippen molar-refractivity contribution in [3.63, 3.8) is 0 Å². The monoisotopic (exact) mass is 645 g/mol. The van der Waals surface area contributed by atoms with E-state index in [0.29, 0.717) is 55.1 Å². The first-order chi connectivity index (χ1) is 20.9. The van der Waals surface area contributed by atoms with Gasteiger partial charge in [0.25, 0.3) is 0 Å². The molecule has 4 aliphatic rings. The molecule has 0 spiro atoms. The van der Waals surface area contributed by atoms with Crippen molar-refractivity contribution >= 4 is 52.4 Å². The largest absolute Gasteiger partial charge is 0.447 e. The summed E-state index contributed by atoms with van der Waals surface area (Å²) in [5.74, 6) is 0.669. The van der Waals surface area contributed by atoms with Crippen molar-refractivity contribution in [2.75, 3.05) is 29.7 Å². The molecule has 3 saturated carbocycles. The molecule has 0 heterocycles. The number of alkyl halides is 2. The Bertz CT molecular complexity index is 1320. The molecule has 5 rings (SSSR count). The van der Waals surface area contributed by atoms with Gasteiger partial charge in [0.15, 0.2) is 17.2 Å². The van der Waals surface area contributed by atoms with Gasteiger partial charge in [-0.25, -0.2) is 4.79 Å². The zero-order chi connectivity index (χ0) is 31.9. The second-order valence-corrected chi connectivity index (χ2v) is 14.5. The molecule has 0 aromatic heterocycles. The number of nitrogens with zero attached hydrogens (tertiary/aromatic N) is 1. The van der Waals surface area contributed by atoms with Crippen molar-refractivity contribution in [2.24, 2.45) is 28.6 Å². The van der Waals surface area contributed by atoms with Gasteiger partial charge in [0, 0.05) is 54.9 Å². The fraction of sp³-hybridized carbons (Fsp3) is 0.657. The second-order valence-electron chi connectivity index (χ2n) is 13.7. The lowest BCUT2D eigenvalue weighted by Gasteiger charge is -2.59. The van der Waals surface area contributed by atoms with Crippen LogP contribution in [0.15, 0.2) is 35.9 Å². The molecule has 0 N–H and O–H groups in total. The maximum absolute atomic E-state index is 14.0. The molecule has 7 nitrogen and oxygen atoms in total. The first-order valence-corrected chi connectivity index (χ1v) is 17.1. The first-order valence-electron chi connectivity index (χ1n) is 16.0. The van der Waals surface area contributed by atoms with E-state index in [-0.39, 0.29) is 22.9 Å². The van der Waals surface area contributed by atoms with Gasteiger partial charge in [-0.15, -0.1) is 23.2 Å². The maximum Gasteiger partial charge on any atom is 0.353 e. The molecule has 0 radical (unpaired) electrons. The Kier molecular flexibility index (Phi) is 9.59. The maximum atomic E-state index is 14.0. The molecule has 3 fully saturated rings. The Balaban J connectivity index is 1.41. The number of hydrogen-bond donors (Lipinski definition) is 0. The van der Waals surface area contributed by atoms with E-state index in [0.717, 1.165) is 44.2 Å². The molecule has 0 bridgehead atoms. The molecule has 240 valence electrons. The summed E-state index contributed by atoms with van der Waals surface area (Å²) in [6.45, 7) is 8.47. The molecule has 1 unspecified atom stereocenters. The topological polar surface area (TPSA) is 90.0 Å². The summed E-state index contributed by atoms with van der Waals surface area (Å²) in [6.07, 6.45) is 6.88. The Morgan fingerprint density at radius 3 is 2.20 bits per heavy atom. The third-order valence-corrected chi connectivity index (χ3v) is 12.0. The normalized spacial score (nSPS) is 33.3. The number of anilines is 1. The van der Waals surface area contributed by atoms with Crippen molar-refractivity contribution in [2.45, 2.75) is 90.8 Å². The Labute approximate surface area is 271 Å². The SMILES string of the molecule is CC(=O)OC(C(=O)O[C@]1(C(C)=O)CC[C@H]2[C@@H]3CCC4=CC(=O)CC[C@]4(C)[C@H]3CC[C@@]21C)c1ccc(N(CCCl)CCCl)cc1. The zero-order valence-electron chi connectivity index (χ0n) is 26.3. The molecule has 1 aromatic rings. The molecule has 7 atom stereocenters. The van der Waals surface area contributed by atoms with Crippen LogP contribution in [0.5, 0.6) is 0 Å². The quantitative estimate of drug-likeness (QED) is 0.200. The van der Waals surface area contributed by atoms with Crippen LogP contribution >= 0.6 is 23.2 Å². The minimum absolute atomic E-state index is 0.00596. The number of allylic oxidation sites excluding steroid dienone is 1. The van der Waals surface area contributed by atoms with Crippen LogP contribution in [0.25, 0.3) is 0 Å². The summed E-state index contributed by atoms with van der Waals surface area (Å²) in [7, 11) is 0. The molecule has 0 saturated heterocycles. The number of carbonyl (C=O) groups is 4. The summed E-state index contributed by atoms with van der Waals surface area (Å²) >= 11 is 12.0. The highest BCUT2D eigenvalue weighted by Crippen LogP contribution is 2.68. The Morgan fingerprint density at radius 1 is 0.932 bits per heavy atom. The van der Waals surface area contributed by atoms with Crippen LogP contribution in [-0.2, 0) is 28.7 Å². The number of rotatable bonds is 10. The molecule has 4 aliphatic carbocycles. The van der Waals surface area contributed by atoms with Crippen molar-refractivity contribution in [1.82, 2.24) is 0 Å². The van der Waals surface area contributed by atoms with Gasteiger partial charge in [-0.2, -0.15) is 0 Å². The lowest BCUT2D eigenvalue weighted by Crippen LogP contribution is -2.59. The highest BCUT2D eigenvalue weighted by atomic mass is 35.5. The fourth-order valence-corrected chi connectivity index (χ4v) is 9.86. The highest BCUT2D eigenvalue weighted by molar-refractivity contribution is 6.18. The number of halogens is 2. The number of ether oxygens (including phenoxy) is 2. The van der Waals surface area contributed by atoms with E-state index in [1.807, 2.05) is 23.1 Å². The molecule has 9 heteroatoms. The van der Waals surface area contributed by atoms with Gasteiger partial charge in [-0.1, -0.05) is 31.6 Å². The van der Waals surface area contributed by atoms with Gasteiger partial charge >= 0.3 is 11.9 Å². The van der Waals surface area contributed by atoms with E-state index in [9.17, 15) is 19.2 Å². The highest BCUT2D eigenvalue weighted by Gasteiger charge is 2.68. The smallest absolute Gasteiger partial charge is 0.353 e. The van der Waals surface area contributed by atoms with Gasteiger partial charge < -0.3 is 14.4 Å². The van der Waals surface area contributed by atoms with Crippen molar-refractivity contribution in [1.29, 1.82) is 0 Å². The van der Waals surface area contributed by atoms with Crippen LogP contribution in [-0.4, -0.2) is 54.0 Å². The van der Waals surface area contributed by atoms with E-state index in [1.54, 1.807) is 12.1 Å². The summed E-state index contributed by atoms with van der Waals surface area (Å²) in [5.41, 5.74) is 0.825. The molecule has 1 aromatic carbocycles. The van der Waals surface area contributed by atoms with Crippen molar-refractivity contribution < 1.29 is 28.7 Å². The van der Waals surface area contributed by atoms with Gasteiger partial charge in [0.1, 0.15) is 0 Å². The Morgan fingerprint density at radius 2 is 1.59 bits per heavy atom. The second kappa shape index (κ2) is 12.8. The van der Waals surface area contributed by atoms with E-state index in [2.05, 4.69) is 13.8 Å². The predicted octanol–water partition coefficient (Wildman–Crippen LogP) is 6.98. The van der Waals surface area contributed by atoms with Gasteiger partial charge in [0.05, 0.1) is 0 Å². The summed E-state index contributed by atoms with van der Waals surface area (Å²) in [6, 6.07) is 7.18. The van der Waals surface area contributed by atoms with Crippen molar-refractivity contribution in [3.05, 3.63) is 41.5 Å². The van der Waals surface area contributed by atoms with Crippen LogP contribution in [0, 0.1) is 28.6 Å². The summed E-state index contributed by atoms with van der Waals surface area (Å²) in [4.78, 5) is 54.1. The predicted molar refractivity (Wildman–Crippen MR) is 171 cm³/mol. The number of hydrogen-bond acceptors (Lipinski definition) is 7. The minimum atomic E-state index is -1.30. The van der Waals surface area contributed by atoms with Gasteiger partial charge in [0.2, 0.25) is 6.10 Å². The van der Waals surface area contributed by atoms with Crippen LogP contribution in [0.3, 0.4) is 0 Å². The number of ketones is 2. The number of benzene rings is 1. The zero-order valence-corrected chi connectivity index (χ0v) is 27.8. The van der Waals surface area contributed by atoms with Crippen LogP contribution in [0.1, 0.15) is 90.7 Å². The average molecular weight is 647 g/mol. The van der Waals surface area contributed by atoms with Gasteiger partial charge in [-0.3, -0.25) is 14.4 Å². The molecular weight excluding hydrogens is 601 g/mol. The van der Waals surface area contributed by atoms with E-state index < -0.39 is 29.1 Å². The van der Waals surface area contributed by atoms with Gasteiger partial charge in [-0.05, 0) is 93.2 Å². The molecule has 44 heavy (non-hydrogen) atoms. The standard InChI is InChI=1S/C35H45Cl2NO6/c1-22(39)35(44-32(42)31(43-23(2)40)24-5-8-26(9-6-24)38(19-17-36)20-18-37)16-13-30-28-10-7-25-21-27(41)11-14-33(25,3)29(28)12-15-34(30,35)4/h5-6,8-9,21,28-31H,7,10-20H2,1-4H3/t28-,29+,30+,31?,33+,34+,35+/m1/s1. The molecule has 0 aliphatic heterocycles. The third-order valence-electron chi connectivity index (χ3n) is 11.7. The lowest BCUT2D eigenvalue weighted by molar-refractivity contribution is -0.199. The average Bonchev–Trinajstić information content (AvgIpc) is 3.29. The number of Topliss-reactive ketones (excluding diaryl/α,β-unsaturated/α-hetero) is 1. The van der Waals surface area contributed by atoms with Crippen LogP contribution in [0.2, 0.25) is 0 Å². The molecular formula is C35H45Cl2NO6. The lowest BCUT2D eigenvalue weighted by atomic mass is 9.46. The third kappa shape index (κ3) is 5.61. The van der Waals surface area contributed by atoms with E-state index in [4.69, 9.17) is 32.7 Å². The van der Waals surface area contributed by atoms with E-state index >= 15 is 0 Å². The minimum Gasteiger partial charge on any atom is -0.447 e. The summed E-state index contributed by atoms with van der Waals surface area (Å²) in [5, 5.41) is 0. The number of carbonyl (C=O) groups excluding carboxylic acids is 4. The number of fused-ring (bicyclic) bond motifs is 5. The molecule has 0 amide bonds. The van der Waals surface area contributed by atoms with Crippen LogP contribution in [0.4, 0.5) is 5.69 Å². The first kappa shape index (κ1) is 33.0. The fourth-order valence-electron chi connectivity index (χ4n) is 9.45. The summed E-state index contributed by atoms with van der Waals surface area (Å²) < 4.78 is 11.9. The van der Waals surface area contributed by atoms with Crippen LogP contribution < -0.4 is 4.90 Å².